The Balaban J connectivity index is 1.61. The predicted octanol–water partition coefficient (Wildman–Crippen LogP) is 5.23. The number of fused-ring (bicyclic) bond motifs is 1. The van der Waals surface area contributed by atoms with Crippen molar-refractivity contribution in [2.75, 3.05) is 25.6 Å². The molecule has 0 aromatic heterocycles. The van der Waals surface area contributed by atoms with Crippen molar-refractivity contribution in [3.8, 4) is 5.75 Å². The molecular formula is C31H30N4O3. The van der Waals surface area contributed by atoms with E-state index in [1.807, 2.05) is 92.6 Å². The van der Waals surface area contributed by atoms with Gasteiger partial charge in [0.1, 0.15) is 11.4 Å². The topological polar surface area (TPSA) is 83.0 Å². The highest BCUT2D eigenvalue weighted by Crippen LogP contribution is 2.26. The first-order chi connectivity index (χ1) is 18.5. The third-order valence-electron chi connectivity index (χ3n) is 5.84. The van der Waals surface area contributed by atoms with Gasteiger partial charge in [-0.15, -0.1) is 0 Å². The molecular weight excluding hydrogens is 476 g/mol. The molecule has 0 heterocycles. The minimum atomic E-state index is -0.555. The summed E-state index contributed by atoms with van der Waals surface area (Å²) in [6, 6.07) is 28.1. The Kier molecular flexibility index (Phi) is 8.51. The number of amides is 2. The van der Waals surface area contributed by atoms with Crippen LogP contribution in [0.5, 0.6) is 5.75 Å². The van der Waals surface area contributed by atoms with Gasteiger partial charge < -0.3 is 15.0 Å². The van der Waals surface area contributed by atoms with Crippen molar-refractivity contribution in [2.45, 2.75) is 6.92 Å². The highest BCUT2D eigenvalue weighted by atomic mass is 16.5. The lowest BCUT2D eigenvalue weighted by atomic mass is 10.0. The van der Waals surface area contributed by atoms with Crippen molar-refractivity contribution in [3.05, 3.63) is 113 Å². The summed E-state index contributed by atoms with van der Waals surface area (Å²) in [5, 5.41) is 8.92. The van der Waals surface area contributed by atoms with Crippen molar-refractivity contribution in [1.29, 1.82) is 0 Å². The maximum absolute atomic E-state index is 13.2. The van der Waals surface area contributed by atoms with Gasteiger partial charge in [-0.1, -0.05) is 60.7 Å². The summed E-state index contributed by atoms with van der Waals surface area (Å²) in [4.78, 5) is 28.0. The fourth-order valence-electron chi connectivity index (χ4n) is 3.88. The third-order valence-corrected chi connectivity index (χ3v) is 5.84. The number of nitrogens with zero attached hydrogens (tertiary/aromatic N) is 2. The number of anilines is 1. The third kappa shape index (κ3) is 6.44. The number of hydrazone groups is 1. The molecule has 0 fully saturated rings. The van der Waals surface area contributed by atoms with E-state index >= 15 is 0 Å². The average Bonchev–Trinajstić information content (AvgIpc) is 2.94. The quantitative estimate of drug-likeness (QED) is 0.185. The van der Waals surface area contributed by atoms with Crippen LogP contribution in [-0.2, 0) is 4.79 Å². The van der Waals surface area contributed by atoms with Gasteiger partial charge in [-0.2, -0.15) is 5.10 Å². The van der Waals surface area contributed by atoms with Crippen LogP contribution in [-0.4, -0.2) is 38.7 Å². The van der Waals surface area contributed by atoms with E-state index in [-0.39, 0.29) is 5.70 Å². The van der Waals surface area contributed by atoms with Crippen LogP contribution in [0.4, 0.5) is 5.69 Å². The largest absolute Gasteiger partial charge is 0.493 e. The number of carbonyl (C=O) groups is 2. The molecule has 4 rings (SSSR count). The van der Waals surface area contributed by atoms with Gasteiger partial charge in [-0.3, -0.25) is 9.59 Å². The van der Waals surface area contributed by atoms with Crippen LogP contribution < -0.4 is 20.4 Å². The minimum Gasteiger partial charge on any atom is -0.493 e. The van der Waals surface area contributed by atoms with Crippen LogP contribution in [0, 0.1) is 0 Å². The van der Waals surface area contributed by atoms with E-state index in [0.29, 0.717) is 17.9 Å². The van der Waals surface area contributed by atoms with Crippen LogP contribution >= 0.6 is 0 Å². The Morgan fingerprint density at radius 3 is 2.32 bits per heavy atom. The van der Waals surface area contributed by atoms with Gasteiger partial charge in [0.15, 0.2) is 0 Å². The lowest BCUT2D eigenvalue weighted by molar-refractivity contribution is -0.117. The fraction of sp³-hybridized carbons (Fsp3) is 0.129. The zero-order valence-corrected chi connectivity index (χ0v) is 21.6. The Hall–Kier alpha value is -4.91. The molecule has 0 unspecified atom stereocenters. The zero-order chi connectivity index (χ0) is 26.9. The van der Waals surface area contributed by atoms with Crippen LogP contribution in [0.1, 0.15) is 28.4 Å². The van der Waals surface area contributed by atoms with Crippen molar-refractivity contribution in [3.63, 3.8) is 0 Å². The smallest absolute Gasteiger partial charge is 0.287 e. The fourth-order valence-corrected chi connectivity index (χ4v) is 3.88. The second-order valence-electron chi connectivity index (χ2n) is 8.69. The van der Waals surface area contributed by atoms with Gasteiger partial charge in [0, 0.05) is 30.9 Å². The summed E-state index contributed by atoms with van der Waals surface area (Å²) in [5.41, 5.74) is 5.59. The summed E-state index contributed by atoms with van der Waals surface area (Å²) >= 11 is 0. The summed E-state index contributed by atoms with van der Waals surface area (Å²) < 4.78 is 5.78. The molecule has 4 aromatic rings. The Morgan fingerprint density at radius 1 is 0.895 bits per heavy atom. The van der Waals surface area contributed by atoms with Crippen LogP contribution in [0.25, 0.3) is 16.8 Å². The SMILES string of the molecule is CCOc1ccc2ccccc2c1/C=N/NC(=O)/C(=C\c1ccc(N(C)C)cc1)NC(=O)c1ccccc1. The lowest BCUT2D eigenvalue weighted by Crippen LogP contribution is -2.32. The van der Waals surface area contributed by atoms with E-state index in [0.717, 1.165) is 27.6 Å². The van der Waals surface area contributed by atoms with Crippen LogP contribution in [0.3, 0.4) is 0 Å². The number of carbonyl (C=O) groups excluding carboxylic acids is 2. The van der Waals surface area contributed by atoms with Crippen LogP contribution in [0.2, 0.25) is 0 Å². The Bertz CT molecular complexity index is 1480. The number of hydrogen-bond donors (Lipinski definition) is 2. The number of nitrogens with one attached hydrogen (secondary N) is 2. The van der Waals surface area contributed by atoms with Crippen molar-refractivity contribution >= 4 is 40.6 Å². The summed E-state index contributed by atoms with van der Waals surface area (Å²) in [7, 11) is 3.91. The number of hydrogen-bond acceptors (Lipinski definition) is 5. The van der Waals surface area contributed by atoms with Gasteiger partial charge >= 0.3 is 0 Å². The van der Waals surface area contributed by atoms with E-state index < -0.39 is 11.8 Å². The van der Waals surface area contributed by atoms with E-state index in [4.69, 9.17) is 4.74 Å². The highest BCUT2D eigenvalue weighted by molar-refractivity contribution is 6.06. The van der Waals surface area contributed by atoms with Crippen LogP contribution in [0.15, 0.2) is 102 Å². The maximum atomic E-state index is 13.2. The van der Waals surface area contributed by atoms with E-state index in [1.165, 1.54) is 0 Å². The molecule has 0 spiro atoms. The molecule has 2 N–H and O–H groups in total. The van der Waals surface area contributed by atoms with Gasteiger partial charge in [0.25, 0.3) is 11.8 Å². The Labute approximate surface area is 222 Å². The van der Waals surface area contributed by atoms with Gasteiger partial charge in [0.05, 0.1) is 12.8 Å². The molecule has 0 aliphatic carbocycles. The molecule has 0 aliphatic rings. The molecule has 0 radical (unpaired) electrons. The van der Waals surface area contributed by atoms with Crippen molar-refractivity contribution < 1.29 is 14.3 Å². The molecule has 0 saturated heterocycles. The molecule has 38 heavy (non-hydrogen) atoms. The molecule has 4 aromatic carbocycles. The molecule has 0 aliphatic heterocycles. The summed E-state index contributed by atoms with van der Waals surface area (Å²) in [6.45, 7) is 2.41. The first-order valence-electron chi connectivity index (χ1n) is 12.3. The number of benzene rings is 4. The normalized spacial score (nSPS) is 11.4. The molecule has 0 atom stereocenters. The molecule has 192 valence electrons. The standard InChI is InChI=1S/C31H30N4O3/c1-4-38-29-19-16-23-10-8-9-13-26(23)27(29)21-32-34-31(37)28(33-30(36)24-11-6-5-7-12-24)20-22-14-17-25(18-15-22)35(2)3/h5-21H,4H2,1-3H3,(H,33,36)(H,34,37)/b28-20+,32-21+. The second-order valence-corrected chi connectivity index (χ2v) is 8.69. The zero-order valence-electron chi connectivity index (χ0n) is 21.6. The molecule has 2 amide bonds. The molecule has 7 heteroatoms. The lowest BCUT2D eigenvalue weighted by Gasteiger charge is -2.13. The van der Waals surface area contributed by atoms with Gasteiger partial charge in [0.2, 0.25) is 0 Å². The molecule has 0 bridgehead atoms. The minimum absolute atomic E-state index is 0.0663. The monoisotopic (exact) mass is 506 g/mol. The van der Waals surface area contributed by atoms with E-state index in [1.54, 1.807) is 36.6 Å². The highest BCUT2D eigenvalue weighted by Gasteiger charge is 2.15. The van der Waals surface area contributed by atoms with Gasteiger partial charge in [-0.05, 0) is 59.7 Å². The average molecular weight is 507 g/mol. The van der Waals surface area contributed by atoms with E-state index in [2.05, 4.69) is 15.8 Å². The summed E-state index contributed by atoms with van der Waals surface area (Å²) in [5.74, 6) is -0.285. The first kappa shape index (κ1) is 26.2. The number of ether oxygens (including phenoxy) is 1. The van der Waals surface area contributed by atoms with Crippen molar-refractivity contribution in [1.82, 2.24) is 10.7 Å². The van der Waals surface area contributed by atoms with Gasteiger partial charge in [-0.25, -0.2) is 5.43 Å². The first-order valence-corrected chi connectivity index (χ1v) is 12.3. The number of rotatable bonds is 9. The maximum Gasteiger partial charge on any atom is 0.287 e. The predicted molar refractivity (Wildman–Crippen MR) is 154 cm³/mol. The second kappa shape index (κ2) is 12.4. The van der Waals surface area contributed by atoms with E-state index in [9.17, 15) is 9.59 Å². The summed E-state index contributed by atoms with van der Waals surface area (Å²) in [6.07, 6.45) is 3.18. The molecule has 7 nitrogen and oxygen atoms in total. The molecule has 0 saturated carbocycles. The van der Waals surface area contributed by atoms with Crippen molar-refractivity contribution in [2.24, 2.45) is 5.10 Å². The Morgan fingerprint density at radius 2 is 1.61 bits per heavy atom.